The molecule has 0 aliphatic carbocycles. The highest BCUT2D eigenvalue weighted by Gasteiger charge is 2.54. The van der Waals surface area contributed by atoms with Crippen LogP contribution in [0.15, 0.2) is 60.7 Å². The number of halogens is 2. The fourth-order valence-corrected chi connectivity index (χ4v) is 3.66. The molecule has 0 heterocycles. The fourth-order valence-electron chi connectivity index (χ4n) is 3.66. The van der Waals surface area contributed by atoms with E-state index in [0.29, 0.717) is 11.1 Å². The average Bonchev–Trinajstić information content (AvgIpc) is 2.85. The first-order valence-electron chi connectivity index (χ1n) is 12.1. The van der Waals surface area contributed by atoms with E-state index in [1.54, 1.807) is 74.5 Å². The maximum absolute atomic E-state index is 15.4. The molecule has 37 heavy (non-hydrogen) atoms. The van der Waals surface area contributed by atoms with Gasteiger partial charge in [-0.3, -0.25) is 9.59 Å². The van der Waals surface area contributed by atoms with Gasteiger partial charge in [-0.2, -0.15) is 0 Å². The summed E-state index contributed by atoms with van der Waals surface area (Å²) in [6.07, 6.45) is -2.41. The van der Waals surface area contributed by atoms with Gasteiger partial charge >= 0.3 is 11.9 Å². The normalized spacial score (nSPS) is 14.8. The second kappa shape index (κ2) is 13.8. The van der Waals surface area contributed by atoms with Crippen LogP contribution in [0.5, 0.6) is 0 Å². The molecule has 0 bridgehead atoms. The lowest BCUT2D eigenvalue weighted by Crippen LogP contribution is -2.63. The van der Waals surface area contributed by atoms with Gasteiger partial charge in [-0.1, -0.05) is 74.5 Å². The molecule has 0 aromatic heterocycles. The molecular formula is C27H35F2N3O5. The predicted molar refractivity (Wildman–Crippen MR) is 134 cm³/mol. The molecule has 0 aliphatic heterocycles. The fraction of sp³-hybridized carbons (Fsp3) is 0.444. The van der Waals surface area contributed by atoms with Gasteiger partial charge in [0.1, 0.15) is 18.8 Å². The maximum Gasteiger partial charge on any atom is 0.335 e. The van der Waals surface area contributed by atoms with E-state index in [1.165, 1.54) is 6.92 Å². The Bertz CT molecular complexity index is 1020. The van der Waals surface area contributed by atoms with Crippen LogP contribution in [-0.2, 0) is 32.1 Å². The van der Waals surface area contributed by atoms with Crippen LogP contribution in [-0.4, -0.2) is 53.0 Å². The highest BCUT2D eigenvalue weighted by atomic mass is 19.3. The lowest BCUT2D eigenvalue weighted by atomic mass is 9.92. The molecule has 5 N–H and O–H groups in total. The van der Waals surface area contributed by atoms with E-state index in [1.807, 2.05) is 5.32 Å². The topological polar surface area (TPSA) is 131 Å². The van der Waals surface area contributed by atoms with Crippen LogP contribution in [0.4, 0.5) is 8.78 Å². The van der Waals surface area contributed by atoms with Crippen molar-refractivity contribution in [1.82, 2.24) is 10.6 Å². The number of nitrogens with one attached hydrogen (secondary N) is 2. The molecule has 8 nitrogen and oxygen atoms in total. The molecule has 2 aromatic carbocycles. The Kier molecular flexibility index (Phi) is 11.1. The Morgan fingerprint density at radius 2 is 1.49 bits per heavy atom. The number of aliphatic hydroxyl groups is 1. The van der Waals surface area contributed by atoms with Crippen LogP contribution in [0.3, 0.4) is 0 Å². The first kappa shape index (κ1) is 29.9. The molecule has 10 heteroatoms. The van der Waals surface area contributed by atoms with Gasteiger partial charge < -0.3 is 26.2 Å². The van der Waals surface area contributed by atoms with E-state index < -0.39 is 47.9 Å². The first-order valence-corrected chi connectivity index (χ1v) is 12.1. The number of rotatable bonds is 13. The van der Waals surface area contributed by atoms with Gasteiger partial charge in [0.2, 0.25) is 11.8 Å². The molecule has 0 aliphatic rings. The largest absolute Gasteiger partial charge is 0.459 e. The number of carbonyl (C=O) groups is 3. The summed E-state index contributed by atoms with van der Waals surface area (Å²) in [7, 11) is 0. The Labute approximate surface area is 215 Å². The lowest BCUT2D eigenvalue weighted by Gasteiger charge is -2.33. The van der Waals surface area contributed by atoms with Crippen molar-refractivity contribution in [1.29, 1.82) is 0 Å². The summed E-state index contributed by atoms with van der Waals surface area (Å²) in [4.78, 5) is 37.9. The van der Waals surface area contributed by atoms with E-state index in [9.17, 15) is 19.5 Å². The molecule has 2 aromatic rings. The minimum atomic E-state index is -4.16. The van der Waals surface area contributed by atoms with Crippen LogP contribution >= 0.6 is 0 Å². The van der Waals surface area contributed by atoms with Gasteiger partial charge in [-0.25, -0.2) is 13.6 Å². The predicted octanol–water partition coefficient (Wildman–Crippen LogP) is 2.33. The summed E-state index contributed by atoms with van der Waals surface area (Å²) >= 11 is 0. The summed E-state index contributed by atoms with van der Waals surface area (Å²) in [6, 6.07) is 12.0. The molecule has 2 rings (SSSR count). The van der Waals surface area contributed by atoms with E-state index >= 15 is 8.78 Å². The zero-order valence-corrected chi connectivity index (χ0v) is 21.2. The Morgan fingerprint density at radius 3 is 2.03 bits per heavy atom. The Morgan fingerprint density at radius 1 is 0.946 bits per heavy atom. The number of benzene rings is 2. The summed E-state index contributed by atoms with van der Waals surface area (Å²) in [5, 5.41) is 14.7. The van der Waals surface area contributed by atoms with Crippen molar-refractivity contribution < 1.29 is 33.0 Å². The molecule has 0 radical (unpaired) electrons. The Hall–Kier alpha value is -3.37. The van der Waals surface area contributed by atoms with Crippen molar-refractivity contribution >= 4 is 17.8 Å². The molecule has 3 unspecified atom stereocenters. The number of hydrogen-bond acceptors (Lipinski definition) is 6. The third-order valence-electron chi connectivity index (χ3n) is 5.65. The van der Waals surface area contributed by atoms with Gasteiger partial charge in [-0.05, 0) is 30.4 Å². The Balaban J connectivity index is 2.15. The van der Waals surface area contributed by atoms with Crippen LogP contribution in [0.2, 0.25) is 0 Å². The van der Waals surface area contributed by atoms with Gasteiger partial charge in [0.05, 0.1) is 6.42 Å². The van der Waals surface area contributed by atoms with Crippen LogP contribution < -0.4 is 16.4 Å². The number of carbonyl (C=O) groups excluding carboxylic acids is 3. The SMILES string of the molecule is CC(C)CC(N)C(O)C(F)(F)C(NC(=O)[C@@H](C)NC(=O)Cc1ccccc1)C(=O)OCc1ccccc1. The standard InChI is InChI=1S/C27H35F2N3O5/c1-17(2)14-21(30)24(34)27(28,29)23(26(36)37-16-20-12-8-5-9-13-20)32-25(35)18(3)31-22(33)15-19-10-6-4-7-11-19/h4-13,17-18,21,23-24,34H,14-16,30H2,1-3H3,(H,31,33)(H,32,35)/t18-,21?,23?,24?/m1/s1. The van der Waals surface area contributed by atoms with Crippen molar-refractivity contribution in [2.75, 3.05) is 0 Å². The zero-order valence-electron chi connectivity index (χ0n) is 21.2. The number of esters is 1. The number of aliphatic hydroxyl groups excluding tert-OH is 1. The summed E-state index contributed by atoms with van der Waals surface area (Å²) in [5.41, 5.74) is 7.03. The second-order valence-corrected chi connectivity index (χ2v) is 9.40. The molecule has 4 atom stereocenters. The van der Waals surface area contributed by atoms with Crippen molar-refractivity contribution in [2.24, 2.45) is 11.7 Å². The van der Waals surface area contributed by atoms with Crippen LogP contribution in [0.25, 0.3) is 0 Å². The molecule has 0 saturated heterocycles. The zero-order chi connectivity index (χ0) is 27.6. The van der Waals surface area contributed by atoms with Crippen molar-refractivity contribution in [3.63, 3.8) is 0 Å². The minimum absolute atomic E-state index is 0.0278. The van der Waals surface area contributed by atoms with Crippen molar-refractivity contribution in [3.8, 4) is 0 Å². The van der Waals surface area contributed by atoms with E-state index in [2.05, 4.69) is 5.32 Å². The number of amides is 2. The van der Waals surface area contributed by atoms with Crippen LogP contribution in [0, 0.1) is 5.92 Å². The number of alkyl halides is 2. The average molecular weight is 520 g/mol. The summed E-state index contributed by atoms with van der Waals surface area (Å²) in [6.45, 7) is 4.47. The molecule has 202 valence electrons. The summed E-state index contributed by atoms with van der Waals surface area (Å²) in [5.74, 6) is -7.26. The highest BCUT2D eigenvalue weighted by molar-refractivity contribution is 5.91. The van der Waals surface area contributed by atoms with Gasteiger partial charge in [0.15, 0.2) is 6.04 Å². The first-order chi connectivity index (χ1) is 17.4. The van der Waals surface area contributed by atoms with Crippen molar-refractivity contribution in [2.45, 2.75) is 70.4 Å². The molecule has 2 amide bonds. The third-order valence-corrected chi connectivity index (χ3v) is 5.65. The summed E-state index contributed by atoms with van der Waals surface area (Å²) < 4.78 is 35.9. The number of nitrogens with two attached hydrogens (primary N) is 1. The van der Waals surface area contributed by atoms with Gasteiger partial charge in [0.25, 0.3) is 0 Å². The third kappa shape index (κ3) is 9.22. The maximum atomic E-state index is 15.4. The highest BCUT2D eigenvalue weighted by Crippen LogP contribution is 2.28. The number of hydrogen-bond donors (Lipinski definition) is 4. The number of ether oxygens (including phenoxy) is 1. The van der Waals surface area contributed by atoms with E-state index in [-0.39, 0.29) is 25.4 Å². The quantitative estimate of drug-likeness (QED) is 0.301. The minimum Gasteiger partial charge on any atom is -0.459 e. The smallest absolute Gasteiger partial charge is 0.335 e. The molecule has 0 fully saturated rings. The van der Waals surface area contributed by atoms with E-state index in [4.69, 9.17) is 10.5 Å². The monoisotopic (exact) mass is 519 g/mol. The van der Waals surface area contributed by atoms with Gasteiger partial charge in [-0.15, -0.1) is 0 Å². The molecule has 0 saturated carbocycles. The lowest BCUT2D eigenvalue weighted by molar-refractivity contribution is -0.178. The van der Waals surface area contributed by atoms with Gasteiger partial charge in [0, 0.05) is 6.04 Å². The molecule has 0 spiro atoms. The van der Waals surface area contributed by atoms with E-state index in [0.717, 1.165) is 0 Å². The second-order valence-electron chi connectivity index (χ2n) is 9.40. The molecular weight excluding hydrogens is 484 g/mol. The van der Waals surface area contributed by atoms with Crippen molar-refractivity contribution in [3.05, 3.63) is 71.8 Å². The van der Waals surface area contributed by atoms with Crippen LogP contribution in [0.1, 0.15) is 38.3 Å².